The lowest BCUT2D eigenvalue weighted by Crippen LogP contribution is -2.02. The number of hydrogen-bond acceptors (Lipinski definition) is 3. The lowest BCUT2D eigenvalue weighted by molar-refractivity contribution is 0.731. The van der Waals surface area contributed by atoms with Gasteiger partial charge in [0.05, 0.1) is 23.3 Å². The molecule has 0 bridgehead atoms. The van der Waals surface area contributed by atoms with Gasteiger partial charge in [0.1, 0.15) is 0 Å². The zero-order valence-corrected chi connectivity index (χ0v) is 12.1. The quantitative estimate of drug-likeness (QED) is 0.739. The molecule has 0 fully saturated rings. The second kappa shape index (κ2) is 4.47. The van der Waals surface area contributed by atoms with Crippen molar-refractivity contribution in [3.8, 4) is 0 Å². The summed E-state index contributed by atoms with van der Waals surface area (Å²) in [6, 6.07) is 1.83. The molecule has 3 heterocycles. The molecule has 0 saturated carbocycles. The summed E-state index contributed by atoms with van der Waals surface area (Å²) in [6.07, 6.45) is 3.48. The van der Waals surface area contributed by atoms with E-state index in [1.165, 1.54) is 0 Å². The van der Waals surface area contributed by atoms with Gasteiger partial charge >= 0.3 is 0 Å². The molecule has 7 heteroatoms. The van der Waals surface area contributed by atoms with Crippen LogP contribution in [0.5, 0.6) is 0 Å². The number of hydrogen-bond donors (Lipinski definition) is 1. The maximum atomic E-state index is 5.93. The minimum Gasteiger partial charge on any atom is -0.329 e. The van der Waals surface area contributed by atoms with Gasteiger partial charge in [-0.3, -0.25) is 9.25 Å². The maximum Gasteiger partial charge on any atom is 0.179 e. The van der Waals surface area contributed by atoms with E-state index in [4.69, 9.17) is 23.8 Å². The van der Waals surface area contributed by atoms with E-state index >= 15 is 0 Å². The average Bonchev–Trinajstić information content (AvgIpc) is 2.84. The second-order valence-corrected chi connectivity index (χ2v) is 5.24. The number of aromatic nitrogens is 5. The number of pyridine rings is 1. The lowest BCUT2D eigenvalue weighted by Gasteiger charge is -2.03. The van der Waals surface area contributed by atoms with Crippen LogP contribution >= 0.6 is 23.8 Å². The van der Waals surface area contributed by atoms with E-state index in [-0.39, 0.29) is 0 Å². The average molecular weight is 294 g/mol. The fourth-order valence-corrected chi connectivity index (χ4v) is 2.45. The molecule has 1 N–H and O–H groups in total. The number of aromatic amines is 1. The first kappa shape index (κ1) is 12.4. The Kier molecular flexibility index (Phi) is 2.91. The molecule has 3 aromatic rings. The third-order valence-corrected chi connectivity index (χ3v) is 3.77. The molecule has 0 saturated heterocycles. The summed E-state index contributed by atoms with van der Waals surface area (Å²) < 4.78 is 4.43. The molecule has 5 nitrogen and oxygen atoms in total. The van der Waals surface area contributed by atoms with Crippen LogP contribution in [0.25, 0.3) is 11.2 Å². The van der Waals surface area contributed by atoms with Gasteiger partial charge in [-0.1, -0.05) is 11.6 Å². The highest BCUT2D eigenvalue weighted by atomic mass is 35.5. The normalized spacial score (nSPS) is 11.3. The molecule has 0 spiro atoms. The summed E-state index contributed by atoms with van der Waals surface area (Å²) in [5, 5.41) is 4.83. The SMILES string of the molecule is Cc1c(Cn2c(=S)[nH]c3cc(Cl)cnc32)cnn1C. The van der Waals surface area contributed by atoms with Gasteiger partial charge in [-0.2, -0.15) is 5.10 Å². The highest BCUT2D eigenvalue weighted by molar-refractivity contribution is 7.71. The molecular weight excluding hydrogens is 282 g/mol. The van der Waals surface area contributed by atoms with Gasteiger partial charge in [-0.05, 0) is 25.2 Å². The molecule has 3 aromatic heterocycles. The number of aryl methyl sites for hydroxylation is 1. The molecule has 19 heavy (non-hydrogen) atoms. The molecule has 0 unspecified atom stereocenters. The van der Waals surface area contributed by atoms with Crippen LogP contribution in [-0.4, -0.2) is 24.3 Å². The molecule has 0 aromatic carbocycles. The Hall–Kier alpha value is -1.66. The topological polar surface area (TPSA) is 51.4 Å². The molecule has 0 radical (unpaired) electrons. The fourth-order valence-electron chi connectivity index (χ4n) is 2.03. The van der Waals surface area contributed by atoms with E-state index in [2.05, 4.69) is 15.1 Å². The smallest absolute Gasteiger partial charge is 0.179 e. The van der Waals surface area contributed by atoms with E-state index in [0.29, 0.717) is 16.3 Å². The first-order valence-electron chi connectivity index (χ1n) is 5.78. The summed E-state index contributed by atoms with van der Waals surface area (Å²) in [7, 11) is 1.92. The lowest BCUT2D eigenvalue weighted by atomic mass is 10.2. The van der Waals surface area contributed by atoms with Crippen LogP contribution in [0.1, 0.15) is 11.3 Å². The van der Waals surface area contributed by atoms with Crippen molar-refractivity contribution in [1.29, 1.82) is 0 Å². The Morgan fingerprint density at radius 2 is 2.21 bits per heavy atom. The van der Waals surface area contributed by atoms with E-state index in [1.54, 1.807) is 6.20 Å². The van der Waals surface area contributed by atoms with Crippen molar-refractivity contribution in [3.63, 3.8) is 0 Å². The number of halogens is 1. The van der Waals surface area contributed by atoms with Crippen molar-refractivity contribution in [1.82, 2.24) is 24.3 Å². The third kappa shape index (κ3) is 2.06. The summed E-state index contributed by atoms with van der Waals surface area (Å²) in [5.41, 5.74) is 3.89. The first-order valence-corrected chi connectivity index (χ1v) is 6.56. The van der Waals surface area contributed by atoms with E-state index in [1.807, 2.05) is 35.5 Å². The fraction of sp³-hybridized carbons (Fsp3) is 0.250. The molecule has 0 atom stereocenters. The summed E-state index contributed by atoms with van der Waals surface area (Å²) in [4.78, 5) is 7.46. The standard InChI is InChI=1S/C12H12ClN5S/c1-7-8(4-15-17(7)2)6-18-11-10(16-12(18)19)3-9(13)5-14-11/h3-5H,6H2,1-2H3,(H,16,19). The van der Waals surface area contributed by atoms with Crippen LogP contribution in [0.15, 0.2) is 18.5 Å². The predicted molar refractivity (Wildman–Crippen MR) is 77.0 cm³/mol. The van der Waals surface area contributed by atoms with Crippen LogP contribution in [0.3, 0.4) is 0 Å². The number of H-pyrrole nitrogens is 1. The minimum atomic E-state index is 0.591. The molecule has 0 aliphatic carbocycles. The molecule has 0 amide bonds. The minimum absolute atomic E-state index is 0.591. The molecule has 98 valence electrons. The van der Waals surface area contributed by atoms with Crippen molar-refractivity contribution >= 4 is 35.0 Å². The Morgan fingerprint density at radius 1 is 1.42 bits per heavy atom. The van der Waals surface area contributed by atoms with Crippen molar-refractivity contribution in [2.45, 2.75) is 13.5 Å². The zero-order chi connectivity index (χ0) is 13.6. The Morgan fingerprint density at radius 3 is 2.89 bits per heavy atom. The number of nitrogens with one attached hydrogen (secondary N) is 1. The van der Waals surface area contributed by atoms with Gasteiger partial charge in [0.15, 0.2) is 10.4 Å². The van der Waals surface area contributed by atoms with Gasteiger partial charge < -0.3 is 4.98 Å². The van der Waals surface area contributed by atoms with Gasteiger partial charge in [0, 0.05) is 24.5 Å². The largest absolute Gasteiger partial charge is 0.329 e. The van der Waals surface area contributed by atoms with Crippen LogP contribution in [-0.2, 0) is 13.6 Å². The first-order chi connectivity index (χ1) is 9.06. The molecule has 0 aliphatic heterocycles. The van der Waals surface area contributed by atoms with Crippen LogP contribution < -0.4 is 0 Å². The molecule has 0 aliphatic rings. The van der Waals surface area contributed by atoms with Crippen LogP contribution in [0.4, 0.5) is 0 Å². The molecule has 3 rings (SSSR count). The number of nitrogens with zero attached hydrogens (tertiary/aromatic N) is 4. The van der Waals surface area contributed by atoms with Crippen molar-refractivity contribution in [2.24, 2.45) is 7.05 Å². The van der Waals surface area contributed by atoms with Gasteiger partial charge in [-0.25, -0.2) is 4.98 Å². The predicted octanol–water partition coefficient (Wildman–Crippen LogP) is 2.84. The number of imidazole rings is 1. The summed E-state index contributed by atoms with van der Waals surface area (Å²) >= 11 is 11.3. The van der Waals surface area contributed by atoms with E-state index in [0.717, 1.165) is 22.4 Å². The Labute approximate surface area is 119 Å². The number of fused-ring (bicyclic) bond motifs is 1. The highest BCUT2D eigenvalue weighted by Gasteiger charge is 2.10. The van der Waals surface area contributed by atoms with Crippen molar-refractivity contribution in [2.75, 3.05) is 0 Å². The third-order valence-electron chi connectivity index (χ3n) is 3.24. The summed E-state index contributed by atoms with van der Waals surface area (Å²) in [5.74, 6) is 0. The molecular formula is C12H12ClN5S. The Bertz CT molecular complexity index is 813. The monoisotopic (exact) mass is 293 g/mol. The Balaban J connectivity index is 2.13. The van der Waals surface area contributed by atoms with E-state index in [9.17, 15) is 0 Å². The van der Waals surface area contributed by atoms with Gasteiger partial charge in [0.2, 0.25) is 0 Å². The van der Waals surface area contributed by atoms with E-state index < -0.39 is 0 Å². The van der Waals surface area contributed by atoms with Gasteiger partial charge in [0.25, 0.3) is 0 Å². The van der Waals surface area contributed by atoms with Gasteiger partial charge in [-0.15, -0.1) is 0 Å². The zero-order valence-electron chi connectivity index (χ0n) is 10.5. The number of rotatable bonds is 2. The highest BCUT2D eigenvalue weighted by Crippen LogP contribution is 2.18. The van der Waals surface area contributed by atoms with Crippen molar-refractivity contribution < 1.29 is 0 Å². The second-order valence-electron chi connectivity index (χ2n) is 4.42. The van der Waals surface area contributed by atoms with Crippen molar-refractivity contribution in [3.05, 3.63) is 39.5 Å². The van der Waals surface area contributed by atoms with Crippen LogP contribution in [0.2, 0.25) is 5.02 Å². The van der Waals surface area contributed by atoms with Crippen LogP contribution in [0, 0.1) is 11.7 Å². The summed E-state index contributed by atoms with van der Waals surface area (Å²) in [6.45, 7) is 2.68. The maximum absolute atomic E-state index is 5.93.